The van der Waals surface area contributed by atoms with Crippen LogP contribution in [-0.4, -0.2) is 131 Å². The number of imide groups is 1. The van der Waals surface area contributed by atoms with Gasteiger partial charge in [0.2, 0.25) is 17.8 Å². The SMILES string of the molecule is CN(C)C(=O)c1cc2cnc(Nc3ccc(N4CCN(CCC5CCN(C6CCN(c7ccc(C8CCC(=O)NC8=O)cc7)CC6)CC5)CC4)cn3)nc2n1C1CCCC1. The van der Waals surface area contributed by atoms with Crippen molar-refractivity contribution in [1.29, 1.82) is 0 Å². The van der Waals surface area contributed by atoms with Crippen LogP contribution in [0.15, 0.2) is 54.9 Å². The first kappa shape index (κ1) is 40.3. The summed E-state index contributed by atoms with van der Waals surface area (Å²) in [5.41, 5.74) is 4.84. The standard InChI is InChI=1S/C46H61N11O3/c1-52(2)45(60)40-29-34-30-48-46(51-43(34)57(40)37-5-3-4-6-37)49-41-13-11-38(31-47-41)56-27-25-53(26-28-56)20-15-32-16-21-54(22-17-32)36-18-23-55(24-19-36)35-9-7-33(8-10-35)39-12-14-42(58)50-44(39)59/h7-11,13,29-32,36-37,39H,3-6,12,14-28H2,1-2H3,(H,50,58,59)(H,47,48,49,51). The van der Waals surface area contributed by atoms with Crippen LogP contribution in [0.3, 0.4) is 0 Å². The number of carbonyl (C=O) groups is 3. The molecule has 3 amide bonds. The minimum atomic E-state index is -0.225. The third-order valence-electron chi connectivity index (χ3n) is 14.0. The molecule has 5 aliphatic rings. The van der Waals surface area contributed by atoms with E-state index in [2.05, 4.69) is 70.1 Å². The zero-order chi connectivity index (χ0) is 41.2. The summed E-state index contributed by atoms with van der Waals surface area (Å²) >= 11 is 0. The lowest BCUT2D eigenvalue weighted by Crippen LogP contribution is -2.48. The number of hydrogen-bond donors (Lipinski definition) is 2. The van der Waals surface area contributed by atoms with Crippen LogP contribution in [0.1, 0.15) is 98.6 Å². The molecule has 60 heavy (non-hydrogen) atoms. The predicted octanol–water partition coefficient (Wildman–Crippen LogP) is 5.80. The van der Waals surface area contributed by atoms with Gasteiger partial charge in [-0.2, -0.15) is 4.98 Å². The van der Waals surface area contributed by atoms with E-state index in [0.29, 0.717) is 36.3 Å². The van der Waals surface area contributed by atoms with E-state index in [9.17, 15) is 14.4 Å². The Hall–Kier alpha value is -5.08. The number of fused-ring (bicyclic) bond motifs is 1. The fourth-order valence-corrected chi connectivity index (χ4v) is 10.4. The van der Waals surface area contributed by atoms with Crippen LogP contribution in [0.4, 0.5) is 23.1 Å². The highest BCUT2D eigenvalue weighted by molar-refractivity contribution is 6.01. The summed E-state index contributed by atoms with van der Waals surface area (Å²) in [5.74, 6) is 1.43. The Morgan fingerprint density at radius 2 is 1.50 bits per heavy atom. The molecule has 4 aromatic rings. The Morgan fingerprint density at radius 3 is 2.18 bits per heavy atom. The van der Waals surface area contributed by atoms with E-state index >= 15 is 0 Å². The number of rotatable bonds is 11. The maximum Gasteiger partial charge on any atom is 0.270 e. The van der Waals surface area contributed by atoms with Crippen LogP contribution < -0.4 is 20.4 Å². The smallest absolute Gasteiger partial charge is 0.270 e. The first-order chi connectivity index (χ1) is 29.3. The van der Waals surface area contributed by atoms with Gasteiger partial charge in [0.25, 0.3) is 5.91 Å². The molecule has 14 nitrogen and oxygen atoms in total. The minimum absolute atomic E-state index is 0.00987. The number of benzene rings is 1. The molecule has 1 saturated carbocycles. The van der Waals surface area contributed by atoms with Crippen LogP contribution in [0, 0.1) is 5.92 Å². The van der Waals surface area contributed by atoms with E-state index < -0.39 is 0 Å². The van der Waals surface area contributed by atoms with Gasteiger partial charge in [0, 0.05) is 89.1 Å². The second-order valence-corrected chi connectivity index (χ2v) is 17.9. The molecular weight excluding hydrogens is 755 g/mol. The van der Waals surface area contributed by atoms with Crippen molar-refractivity contribution in [1.82, 2.24) is 39.5 Å². The van der Waals surface area contributed by atoms with Gasteiger partial charge >= 0.3 is 0 Å². The molecular formula is C46H61N11O3. The number of hydrogen-bond acceptors (Lipinski definition) is 11. The van der Waals surface area contributed by atoms with Crippen LogP contribution in [0.5, 0.6) is 0 Å². The second-order valence-electron chi connectivity index (χ2n) is 17.9. The van der Waals surface area contributed by atoms with Crippen LogP contribution in [0.2, 0.25) is 0 Å². The Labute approximate surface area is 353 Å². The van der Waals surface area contributed by atoms with E-state index in [1.165, 1.54) is 70.3 Å². The molecule has 4 saturated heterocycles. The zero-order valence-corrected chi connectivity index (χ0v) is 35.4. The summed E-state index contributed by atoms with van der Waals surface area (Å²) in [6, 6.07) is 15.5. The van der Waals surface area contributed by atoms with Crippen molar-refractivity contribution in [2.45, 2.75) is 88.6 Å². The number of pyridine rings is 1. The summed E-state index contributed by atoms with van der Waals surface area (Å²) in [5, 5.41) is 6.67. The van der Waals surface area contributed by atoms with Crippen molar-refractivity contribution in [3.63, 3.8) is 0 Å². The highest BCUT2D eigenvalue weighted by Gasteiger charge is 2.31. The number of piperidine rings is 3. The Balaban J connectivity index is 0.693. The molecule has 1 unspecified atom stereocenters. The normalized spacial score (nSPS) is 21.8. The number of nitrogens with zero attached hydrogens (tertiary/aromatic N) is 9. The topological polar surface area (TPSA) is 135 Å². The van der Waals surface area contributed by atoms with Gasteiger partial charge in [0.1, 0.15) is 17.2 Å². The lowest BCUT2D eigenvalue weighted by molar-refractivity contribution is -0.134. The summed E-state index contributed by atoms with van der Waals surface area (Å²) in [6.07, 6.45) is 15.5. The molecule has 318 valence electrons. The first-order valence-electron chi connectivity index (χ1n) is 22.5. The molecule has 0 bridgehead atoms. The lowest BCUT2D eigenvalue weighted by atomic mass is 9.90. The molecule has 2 N–H and O–H groups in total. The Bertz CT molecular complexity index is 2120. The number of piperazine rings is 1. The van der Waals surface area contributed by atoms with Gasteiger partial charge < -0.3 is 29.5 Å². The van der Waals surface area contributed by atoms with Crippen molar-refractivity contribution < 1.29 is 14.4 Å². The number of aromatic nitrogens is 4. The van der Waals surface area contributed by atoms with Gasteiger partial charge in [-0.15, -0.1) is 0 Å². The van der Waals surface area contributed by atoms with Crippen LogP contribution in [0.25, 0.3) is 11.0 Å². The summed E-state index contributed by atoms with van der Waals surface area (Å²) in [7, 11) is 3.59. The van der Waals surface area contributed by atoms with Crippen molar-refractivity contribution in [2.75, 3.05) is 88.1 Å². The van der Waals surface area contributed by atoms with Gasteiger partial charge in [-0.1, -0.05) is 25.0 Å². The molecule has 5 fully saturated rings. The third-order valence-corrected chi connectivity index (χ3v) is 14.0. The van der Waals surface area contributed by atoms with Crippen molar-refractivity contribution in [2.24, 2.45) is 5.92 Å². The van der Waals surface area contributed by atoms with E-state index in [1.54, 1.807) is 19.0 Å². The molecule has 1 aromatic carbocycles. The first-order valence-corrected chi connectivity index (χ1v) is 22.5. The molecule has 1 atom stereocenters. The van der Waals surface area contributed by atoms with Crippen LogP contribution in [-0.2, 0) is 9.59 Å². The zero-order valence-electron chi connectivity index (χ0n) is 35.4. The number of amides is 3. The van der Waals surface area contributed by atoms with Crippen LogP contribution >= 0.6 is 0 Å². The lowest BCUT2D eigenvalue weighted by Gasteiger charge is -2.43. The molecule has 1 aliphatic carbocycles. The fraction of sp³-hybridized carbons (Fsp3) is 0.565. The van der Waals surface area contributed by atoms with Crippen molar-refractivity contribution in [3.8, 4) is 0 Å². The third kappa shape index (κ3) is 8.86. The second kappa shape index (κ2) is 17.9. The molecule has 0 radical (unpaired) electrons. The predicted molar refractivity (Wildman–Crippen MR) is 235 cm³/mol. The molecule has 14 heteroatoms. The Morgan fingerprint density at radius 1 is 0.783 bits per heavy atom. The highest BCUT2D eigenvalue weighted by Crippen LogP contribution is 2.35. The molecule has 7 heterocycles. The minimum Gasteiger partial charge on any atom is -0.371 e. The van der Waals surface area contributed by atoms with Gasteiger partial charge in [0.05, 0.1) is 17.8 Å². The average molecular weight is 816 g/mol. The van der Waals surface area contributed by atoms with E-state index in [4.69, 9.17) is 9.97 Å². The van der Waals surface area contributed by atoms with Gasteiger partial charge in [-0.05, 0) is 113 Å². The van der Waals surface area contributed by atoms with Crippen molar-refractivity contribution in [3.05, 3.63) is 66.1 Å². The molecule has 0 spiro atoms. The molecule has 4 aliphatic heterocycles. The van der Waals surface area contributed by atoms with Crippen molar-refractivity contribution >= 4 is 51.9 Å². The van der Waals surface area contributed by atoms with E-state index in [0.717, 1.165) is 80.3 Å². The summed E-state index contributed by atoms with van der Waals surface area (Å²) in [4.78, 5) is 63.1. The molecule has 3 aromatic heterocycles. The number of anilines is 4. The summed E-state index contributed by atoms with van der Waals surface area (Å²) < 4.78 is 2.14. The quantitative estimate of drug-likeness (QED) is 0.178. The number of nitrogens with one attached hydrogen (secondary N) is 2. The number of likely N-dealkylation sites (tertiary alicyclic amines) is 1. The number of carbonyl (C=O) groups excluding carboxylic acids is 3. The van der Waals surface area contributed by atoms with Gasteiger partial charge in [0.15, 0.2) is 0 Å². The highest BCUT2D eigenvalue weighted by atomic mass is 16.2. The van der Waals surface area contributed by atoms with Gasteiger partial charge in [-0.3, -0.25) is 24.6 Å². The largest absolute Gasteiger partial charge is 0.371 e. The molecule has 9 rings (SSSR count). The average Bonchev–Trinajstić information content (AvgIpc) is 3.95. The fourth-order valence-electron chi connectivity index (χ4n) is 10.4. The maximum absolute atomic E-state index is 13.1. The monoisotopic (exact) mass is 815 g/mol. The summed E-state index contributed by atoms with van der Waals surface area (Å²) in [6.45, 7) is 9.90. The van der Waals surface area contributed by atoms with Gasteiger partial charge in [-0.25, -0.2) is 9.97 Å². The van der Waals surface area contributed by atoms with E-state index in [1.807, 2.05) is 24.5 Å². The van der Waals surface area contributed by atoms with E-state index in [-0.39, 0.29) is 29.7 Å². The Kier molecular flexibility index (Phi) is 12.0. The maximum atomic E-state index is 13.1.